The summed E-state index contributed by atoms with van der Waals surface area (Å²) < 4.78 is 0. The number of nitrogen functional groups attached to an aromatic ring is 1. The van der Waals surface area contributed by atoms with Gasteiger partial charge in [0.2, 0.25) is 0 Å². The molecule has 0 radical (unpaired) electrons. The van der Waals surface area contributed by atoms with Gasteiger partial charge in [0.1, 0.15) is 5.84 Å². The Hall–Kier alpha value is -1.69. The topological polar surface area (TPSA) is 99.1 Å². The standard InChI is InChI=1S/C11H17N5O/c12-10(13)9-4-5-14-15-11(9)16-6-2-1-3-8(16)7-17/h4-5,8,17H,1-3,6-7H2,(H3,12,13). The van der Waals surface area contributed by atoms with Gasteiger partial charge < -0.3 is 15.7 Å². The molecule has 1 aromatic heterocycles. The Labute approximate surface area is 100.0 Å². The van der Waals surface area contributed by atoms with Gasteiger partial charge in [0.15, 0.2) is 5.82 Å². The van der Waals surface area contributed by atoms with Crippen LogP contribution >= 0.6 is 0 Å². The molecule has 1 atom stereocenters. The van der Waals surface area contributed by atoms with Crippen LogP contribution in [-0.2, 0) is 0 Å². The molecular weight excluding hydrogens is 218 g/mol. The summed E-state index contributed by atoms with van der Waals surface area (Å²) in [6.45, 7) is 0.915. The molecule has 0 aliphatic carbocycles. The van der Waals surface area contributed by atoms with E-state index in [1.807, 2.05) is 4.90 Å². The van der Waals surface area contributed by atoms with Crippen LogP contribution in [0.25, 0.3) is 0 Å². The van der Waals surface area contributed by atoms with Crippen molar-refractivity contribution in [2.45, 2.75) is 25.3 Å². The Bertz CT molecular complexity index is 409. The summed E-state index contributed by atoms with van der Waals surface area (Å²) in [7, 11) is 0. The maximum atomic E-state index is 9.38. The molecule has 4 N–H and O–H groups in total. The van der Waals surface area contributed by atoms with Crippen LogP contribution in [0.4, 0.5) is 5.82 Å². The van der Waals surface area contributed by atoms with Crippen LogP contribution in [0.2, 0.25) is 0 Å². The lowest BCUT2D eigenvalue weighted by Gasteiger charge is -2.36. The molecule has 1 fully saturated rings. The number of aromatic nitrogens is 2. The minimum absolute atomic E-state index is 0.0165. The first-order valence-corrected chi connectivity index (χ1v) is 5.77. The third kappa shape index (κ3) is 2.36. The van der Waals surface area contributed by atoms with Gasteiger partial charge in [-0.2, -0.15) is 5.10 Å². The molecule has 0 spiro atoms. The third-order valence-corrected chi connectivity index (χ3v) is 3.10. The van der Waals surface area contributed by atoms with E-state index in [2.05, 4.69) is 10.2 Å². The zero-order chi connectivity index (χ0) is 12.3. The van der Waals surface area contributed by atoms with E-state index in [0.29, 0.717) is 11.4 Å². The van der Waals surface area contributed by atoms with Crippen molar-refractivity contribution < 1.29 is 5.11 Å². The summed E-state index contributed by atoms with van der Waals surface area (Å²) in [5.41, 5.74) is 6.12. The smallest absolute Gasteiger partial charge is 0.162 e. The molecule has 0 amide bonds. The Balaban J connectivity index is 2.34. The monoisotopic (exact) mass is 235 g/mol. The molecule has 0 aromatic carbocycles. The lowest BCUT2D eigenvalue weighted by atomic mass is 10.0. The molecule has 92 valence electrons. The van der Waals surface area contributed by atoms with E-state index in [0.717, 1.165) is 25.8 Å². The van der Waals surface area contributed by atoms with Gasteiger partial charge in [-0.1, -0.05) is 0 Å². The zero-order valence-corrected chi connectivity index (χ0v) is 9.63. The normalized spacial score (nSPS) is 20.3. The van der Waals surface area contributed by atoms with Crippen molar-refractivity contribution in [3.63, 3.8) is 0 Å². The van der Waals surface area contributed by atoms with E-state index in [9.17, 15) is 5.11 Å². The Morgan fingerprint density at radius 3 is 3.12 bits per heavy atom. The highest BCUT2D eigenvalue weighted by molar-refractivity contribution is 5.99. The Kier molecular flexibility index (Phi) is 3.53. The number of anilines is 1. The van der Waals surface area contributed by atoms with Crippen LogP contribution in [0.5, 0.6) is 0 Å². The molecule has 0 saturated carbocycles. The van der Waals surface area contributed by atoms with Gasteiger partial charge in [-0.15, -0.1) is 5.10 Å². The molecule has 1 aliphatic heterocycles. The number of hydrogen-bond donors (Lipinski definition) is 3. The molecular formula is C11H17N5O. The first-order chi connectivity index (χ1) is 8.24. The van der Waals surface area contributed by atoms with Crippen molar-refractivity contribution >= 4 is 11.7 Å². The largest absolute Gasteiger partial charge is 0.394 e. The average molecular weight is 235 g/mol. The predicted molar refractivity (Wildman–Crippen MR) is 65.1 cm³/mol. The van der Waals surface area contributed by atoms with Crippen molar-refractivity contribution in [2.75, 3.05) is 18.1 Å². The molecule has 17 heavy (non-hydrogen) atoms. The second-order valence-corrected chi connectivity index (χ2v) is 4.21. The fourth-order valence-electron chi connectivity index (χ4n) is 2.22. The van der Waals surface area contributed by atoms with E-state index in [1.165, 1.54) is 6.20 Å². The molecule has 6 nitrogen and oxygen atoms in total. The lowest BCUT2D eigenvalue weighted by molar-refractivity contribution is 0.239. The Morgan fingerprint density at radius 1 is 1.59 bits per heavy atom. The number of piperidine rings is 1. The van der Waals surface area contributed by atoms with Gasteiger partial charge in [-0.3, -0.25) is 5.41 Å². The summed E-state index contributed by atoms with van der Waals surface area (Å²) in [6, 6.07) is 1.74. The second-order valence-electron chi connectivity index (χ2n) is 4.21. The second kappa shape index (κ2) is 5.09. The predicted octanol–water partition coefficient (Wildman–Crippen LogP) is 0.112. The summed E-state index contributed by atoms with van der Waals surface area (Å²) >= 11 is 0. The summed E-state index contributed by atoms with van der Waals surface area (Å²) in [4.78, 5) is 2.01. The van der Waals surface area contributed by atoms with Gasteiger partial charge in [0, 0.05) is 6.54 Å². The third-order valence-electron chi connectivity index (χ3n) is 3.10. The molecule has 1 aromatic rings. The minimum Gasteiger partial charge on any atom is -0.394 e. The molecule has 6 heteroatoms. The quantitative estimate of drug-likeness (QED) is 0.510. The van der Waals surface area contributed by atoms with Crippen molar-refractivity contribution in [1.82, 2.24) is 10.2 Å². The highest BCUT2D eigenvalue weighted by atomic mass is 16.3. The summed E-state index contributed by atoms with van der Waals surface area (Å²) in [5, 5.41) is 24.8. The van der Waals surface area contributed by atoms with Crippen molar-refractivity contribution in [2.24, 2.45) is 5.73 Å². The van der Waals surface area contributed by atoms with E-state index in [4.69, 9.17) is 11.1 Å². The fraction of sp³-hybridized carbons (Fsp3) is 0.545. The first kappa shape index (κ1) is 11.8. The van der Waals surface area contributed by atoms with E-state index >= 15 is 0 Å². The van der Waals surface area contributed by atoms with Gasteiger partial charge in [-0.25, -0.2) is 0 Å². The van der Waals surface area contributed by atoms with Crippen molar-refractivity contribution in [1.29, 1.82) is 5.41 Å². The van der Waals surface area contributed by atoms with E-state index in [1.54, 1.807) is 6.07 Å². The van der Waals surface area contributed by atoms with E-state index < -0.39 is 0 Å². The van der Waals surface area contributed by atoms with Gasteiger partial charge in [-0.05, 0) is 25.3 Å². The number of aliphatic hydroxyl groups excluding tert-OH is 1. The number of amidine groups is 1. The molecule has 1 aliphatic rings. The van der Waals surface area contributed by atoms with E-state index in [-0.39, 0.29) is 18.5 Å². The van der Waals surface area contributed by atoms with Crippen molar-refractivity contribution in [3.05, 3.63) is 17.8 Å². The zero-order valence-electron chi connectivity index (χ0n) is 9.63. The number of nitrogens with one attached hydrogen (secondary N) is 1. The van der Waals surface area contributed by atoms with Crippen LogP contribution < -0.4 is 10.6 Å². The van der Waals surface area contributed by atoms with Crippen LogP contribution in [0.15, 0.2) is 12.3 Å². The number of nitrogens with two attached hydrogens (primary N) is 1. The van der Waals surface area contributed by atoms with Crippen LogP contribution in [0, 0.1) is 5.41 Å². The lowest BCUT2D eigenvalue weighted by Crippen LogP contribution is -2.43. The fourth-order valence-corrected chi connectivity index (χ4v) is 2.22. The van der Waals surface area contributed by atoms with Crippen LogP contribution in [0.3, 0.4) is 0 Å². The molecule has 1 saturated heterocycles. The van der Waals surface area contributed by atoms with Gasteiger partial charge in [0.25, 0.3) is 0 Å². The molecule has 2 heterocycles. The van der Waals surface area contributed by atoms with Crippen LogP contribution in [-0.4, -0.2) is 40.3 Å². The number of rotatable bonds is 3. The van der Waals surface area contributed by atoms with Gasteiger partial charge >= 0.3 is 0 Å². The average Bonchev–Trinajstić information content (AvgIpc) is 2.38. The number of aliphatic hydroxyl groups is 1. The number of nitrogens with zero attached hydrogens (tertiary/aromatic N) is 3. The first-order valence-electron chi connectivity index (χ1n) is 5.77. The maximum Gasteiger partial charge on any atom is 0.162 e. The van der Waals surface area contributed by atoms with Gasteiger partial charge in [0.05, 0.1) is 24.4 Å². The minimum atomic E-state index is -0.0165. The highest BCUT2D eigenvalue weighted by Crippen LogP contribution is 2.24. The highest BCUT2D eigenvalue weighted by Gasteiger charge is 2.25. The summed E-state index contributed by atoms with van der Waals surface area (Å²) in [5.74, 6) is 0.593. The summed E-state index contributed by atoms with van der Waals surface area (Å²) in [6.07, 6.45) is 4.63. The maximum absolute atomic E-state index is 9.38. The van der Waals surface area contributed by atoms with Crippen LogP contribution in [0.1, 0.15) is 24.8 Å². The molecule has 0 bridgehead atoms. The Morgan fingerprint density at radius 2 is 2.41 bits per heavy atom. The van der Waals surface area contributed by atoms with Crippen molar-refractivity contribution in [3.8, 4) is 0 Å². The number of hydrogen-bond acceptors (Lipinski definition) is 5. The SMILES string of the molecule is N=C(N)c1ccnnc1N1CCCCC1CO. The molecule has 2 rings (SSSR count). The molecule has 1 unspecified atom stereocenters.